The molecule has 2 atom stereocenters. The van der Waals surface area contributed by atoms with Gasteiger partial charge in [0.25, 0.3) is 5.91 Å². The first-order valence-electron chi connectivity index (χ1n) is 22.8. The topological polar surface area (TPSA) is 213 Å². The smallest absolute Gasteiger partial charge is 0.308 e. The molecule has 22 heteroatoms. The van der Waals surface area contributed by atoms with Crippen LogP contribution >= 0.6 is 45.9 Å². The second kappa shape index (κ2) is 23.0. The number of nitrogens with zero attached hydrogens (tertiary/aromatic N) is 8. The van der Waals surface area contributed by atoms with E-state index in [0.29, 0.717) is 94.0 Å². The lowest BCUT2D eigenvalue weighted by atomic mass is 9.98. The fourth-order valence-electron chi connectivity index (χ4n) is 8.32. The van der Waals surface area contributed by atoms with E-state index in [2.05, 4.69) is 25.7 Å². The number of aliphatic imine (C=N–C) groups is 2. The fourth-order valence-corrected chi connectivity index (χ4v) is 11.2. The summed E-state index contributed by atoms with van der Waals surface area (Å²) in [6.07, 6.45) is 0.704. The van der Waals surface area contributed by atoms with Crippen LogP contribution < -0.4 is 5.32 Å². The molecule has 6 heterocycles. The van der Waals surface area contributed by atoms with E-state index in [0.717, 1.165) is 43.4 Å². The van der Waals surface area contributed by atoms with Crippen LogP contribution in [0.1, 0.15) is 114 Å². The summed E-state index contributed by atoms with van der Waals surface area (Å²) in [5, 5.41) is 23.0. The van der Waals surface area contributed by atoms with Crippen LogP contribution in [0.2, 0.25) is 10.0 Å². The van der Waals surface area contributed by atoms with Gasteiger partial charge >= 0.3 is 11.9 Å². The van der Waals surface area contributed by atoms with Crippen molar-refractivity contribution >= 4 is 80.9 Å². The minimum atomic E-state index is -0.678. The molecule has 0 fully saturated rings. The van der Waals surface area contributed by atoms with Crippen molar-refractivity contribution < 1.29 is 42.9 Å². The second-order valence-corrected chi connectivity index (χ2v) is 19.4. The summed E-state index contributed by atoms with van der Waals surface area (Å²) in [5.74, 6) is 0.999. The molecule has 18 nitrogen and oxygen atoms in total. The molecule has 0 bridgehead atoms. The van der Waals surface area contributed by atoms with Crippen molar-refractivity contribution in [2.75, 3.05) is 60.4 Å². The number of benzene rings is 2. The number of Topliss-reactive ketones (excluding diaryl/α,β-unsaturated/α-hetero) is 1. The van der Waals surface area contributed by atoms with Gasteiger partial charge in [0.1, 0.15) is 33.7 Å². The number of carbonyl (C=O) groups excluding carboxylic acids is 4. The van der Waals surface area contributed by atoms with Crippen LogP contribution in [-0.4, -0.2) is 125 Å². The first-order valence-corrected chi connectivity index (χ1v) is 25.2. The number of hydrogen-bond acceptors (Lipinski definition) is 17. The second-order valence-electron chi connectivity index (χ2n) is 16.5. The normalized spacial score (nSPS) is 14.8. The number of hydrogen-bond donors (Lipinski definition) is 1. The van der Waals surface area contributed by atoms with Crippen LogP contribution in [0.3, 0.4) is 0 Å². The highest BCUT2D eigenvalue weighted by atomic mass is 35.5. The maximum absolute atomic E-state index is 13.8. The molecular weight excluding hydrogens is 994 g/mol. The van der Waals surface area contributed by atoms with E-state index >= 15 is 0 Å². The van der Waals surface area contributed by atoms with Gasteiger partial charge in [-0.15, -0.1) is 43.1 Å². The average Bonchev–Trinajstić information content (AvgIpc) is 4.08. The average molecular weight is 1050 g/mol. The Labute approximate surface area is 427 Å². The zero-order valence-electron chi connectivity index (χ0n) is 39.9. The quantitative estimate of drug-likeness (QED) is 0.0414. The summed E-state index contributed by atoms with van der Waals surface area (Å²) >= 11 is 15.1. The van der Waals surface area contributed by atoms with Crippen molar-refractivity contribution in [3.8, 4) is 10.0 Å². The molecular formula is C49H51Cl2N9O9S2. The summed E-state index contributed by atoms with van der Waals surface area (Å²) in [4.78, 5) is 63.6. The molecule has 1 N–H and O–H groups in total. The van der Waals surface area contributed by atoms with Gasteiger partial charge in [-0.1, -0.05) is 47.5 Å². The van der Waals surface area contributed by atoms with E-state index in [1.54, 1.807) is 24.3 Å². The Bertz CT molecular complexity index is 2810. The van der Waals surface area contributed by atoms with Crippen molar-refractivity contribution in [3.05, 3.63) is 125 Å². The third-order valence-electron chi connectivity index (χ3n) is 11.8. The van der Waals surface area contributed by atoms with E-state index in [4.69, 9.17) is 56.9 Å². The van der Waals surface area contributed by atoms with Crippen LogP contribution in [0.5, 0.6) is 0 Å². The van der Waals surface area contributed by atoms with Gasteiger partial charge in [-0.2, -0.15) is 0 Å². The van der Waals surface area contributed by atoms with Crippen LogP contribution in [0.4, 0.5) is 0 Å². The number of thiophene rings is 2. The van der Waals surface area contributed by atoms with E-state index in [-0.39, 0.29) is 44.1 Å². The molecule has 0 aliphatic carbocycles. The fraction of sp³-hybridized carbons (Fsp3) is 0.388. The van der Waals surface area contributed by atoms with Crippen molar-refractivity contribution in [1.82, 2.24) is 34.8 Å². The van der Waals surface area contributed by atoms with Gasteiger partial charge in [-0.25, -0.2) is 0 Å². The molecule has 2 aromatic carbocycles. The molecule has 0 spiro atoms. The van der Waals surface area contributed by atoms with Gasteiger partial charge in [0, 0.05) is 51.9 Å². The Morgan fingerprint density at radius 1 is 0.606 bits per heavy atom. The van der Waals surface area contributed by atoms with E-state index in [1.807, 2.05) is 61.1 Å². The van der Waals surface area contributed by atoms with Gasteiger partial charge in [-0.3, -0.25) is 38.3 Å². The van der Waals surface area contributed by atoms with Crippen molar-refractivity contribution in [1.29, 1.82) is 0 Å². The van der Waals surface area contributed by atoms with E-state index in [9.17, 15) is 19.2 Å². The number of ether oxygens (including phenoxy) is 5. The molecule has 372 valence electrons. The third-order valence-corrected chi connectivity index (χ3v) is 14.9. The number of ketones is 1. The van der Waals surface area contributed by atoms with Gasteiger partial charge < -0.3 is 29.0 Å². The zero-order chi connectivity index (χ0) is 50.3. The Balaban J connectivity index is 0.792. The standard InChI is InChI=1S/C49H51Cl2N9O9S2/c1-26-39-41(30-9-13-32(50)14-10-30)53-34(24-37(62)65-5)45-57-55-28(3)59(45)48(39)70-43(26)36(61)8-7-18-67-20-22-69-23-21-68-19-17-52-47(64)44-27(2)40-42(31-11-15-33(51)16-12-31)54-35(25-38(63)66-6)46-58-56-29(4)60(46)49(40)71-44/h9-16,34-35H,7-8,17-25H2,1-6H3,(H,52,64). The van der Waals surface area contributed by atoms with Crippen LogP contribution in [0.25, 0.3) is 10.0 Å². The van der Waals surface area contributed by atoms with Gasteiger partial charge in [0.15, 0.2) is 17.4 Å². The summed E-state index contributed by atoms with van der Waals surface area (Å²) in [5.41, 5.74) is 5.80. The number of fused-ring (bicyclic) bond motifs is 6. The highest BCUT2D eigenvalue weighted by Gasteiger charge is 2.36. The largest absolute Gasteiger partial charge is 0.469 e. The summed E-state index contributed by atoms with van der Waals surface area (Å²) in [6.45, 7) is 9.67. The minimum Gasteiger partial charge on any atom is -0.469 e. The minimum absolute atomic E-state index is 0.0205. The summed E-state index contributed by atoms with van der Waals surface area (Å²) in [6, 6.07) is 13.2. The number of esters is 2. The number of nitrogens with one attached hydrogen (secondary N) is 1. The van der Waals surface area contributed by atoms with Crippen molar-refractivity contribution in [2.24, 2.45) is 9.98 Å². The Morgan fingerprint density at radius 3 is 1.52 bits per heavy atom. The first kappa shape index (κ1) is 51.4. The number of amides is 1. The molecule has 0 saturated carbocycles. The third kappa shape index (κ3) is 11.2. The van der Waals surface area contributed by atoms with E-state index < -0.39 is 24.0 Å². The molecule has 0 saturated heterocycles. The SMILES string of the molecule is COC(=O)CC1N=C(c2ccc(Cl)cc2)c2c(sc(C(=O)CCCOCCOCCOCCNC(=O)c3sc4c(c3C)C(c3ccc(Cl)cc3)=NC(CC(=O)OC)c3nnc(C)n3-4)c2C)-n2c(C)nnc21. The molecule has 0 radical (unpaired) electrons. The highest BCUT2D eigenvalue weighted by Crippen LogP contribution is 2.42. The molecule has 1 amide bonds. The lowest BCUT2D eigenvalue weighted by Crippen LogP contribution is -2.27. The molecule has 6 aromatic rings. The summed E-state index contributed by atoms with van der Waals surface area (Å²) in [7, 11) is 2.67. The van der Waals surface area contributed by atoms with E-state index in [1.165, 1.54) is 36.9 Å². The van der Waals surface area contributed by atoms with Crippen LogP contribution in [-0.2, 0) is 33.3 Å². The number of aryl methyl sites for hydroxylation is 2. The molecule has 2 aliphatic rings. The lowest BCUT2D eigenvalue weighted by Gasteiger charge is -2.12. The maximum atomic E-state index is 13.8. The number of rotatable bonds is 21. The van der Waals surface area contributed by atoms with Crippen LogP contribution in [0.15, 0.2) is 58.5 Å². The number of carbonyl (C=O) groups is 4. The number of methoxy groups -OCH3 is 2. The predicted molar refractivity (Wildman–Crippen MR) is 269 cm³/mol. The van der Waals surface area contributed by atoms with Gasteiger partial charge in [0.05, 0.1) is 81.3 Å². The Morgan fingerprint density at radius 2 is 1.04 bits per heavy atom. The maximum Gasteiger partial charge on any atom is 0.308 e. The lowest BCUT2D eigenvalue weighted by molar-refractivity contribution is -0.142. The molecule has 2 aliphatic heterocycles. The molecule has 71 heavy (non-hydrogen) atoms. The zero-order valence-corrected chi connectivity index (χ0v) is 43.0. The number of aromatic nitrogens is 6. The van der Waals surface area contributed by atoms with Crippen molar-refractivity contribution in [3.63, 3.8) is 0 Å². The van der Waals surface area contributed by atoms with Crippen molar-refractivity contribution in [2.45, 2.75) is 65.5 Å². The Kier molecular flexibility index (Phi) is 16.7. The molecule has 2 unspecified atom stereocenters. The summed E-state index contributed by atoms with van der Waals surface area (Å²) < 4.78 is 30.9. The highest BCUT2D eigenvalue weighted by molar-refractivity contribution is 7.17. The molecule has 4 aromatic heterocycles. The first-order chi connectivity index (χ1) is 34.3. The van der Waals surface area contributed by atoms with Gasteiger partial charge in [0.2, 0.25) is 0 Å². The van der Waals surface area contributed by atoms with Gasteiger partial charge in [-0.05, 0) is 69.5 Å². The molecule has 8 rings (SSSR count). The number of halogens is 2. The Hall–Kier alpha value is -6.00. The van der Waals surface area contributed by atoms with Crippen LogP contribution in [0, 0.1) is 27.7 Å². The monoisotopic (exact) mass is 1040 g/mol. The predicted octanol–water partition coefficient (Wildman–Crippen LogP) is 7.86.